The third-order valence-corrected chi connectivity index (χ3v) is 5.67. The first-order valence-electron chi connectivity index (χ1n) is 6.37. The van der Waals surface area contributed by atoms with E-state index in [-0.39, 0.29) is 16.4 Å². The predicted molar refractivity (Wildman–Crippen MR) is 86.1 cm³/mol. The standard InChI is InChI=1S/C14H14ClNO5S2/c1-22(17,18)13-4-2-3-5-14(13)23(19,20)16-21-10-11-6-8-12(15)9-7-11/h2-9,16H,10H2,1H3. The molecule has 2 rings (SSSR count). The fourth-order valence-corrected chi connectivity index (χ4v) is 4.36. The number of hydrogen-bond donors (Lipinski definition) is 1. The highest BCUT2D eigenvalue weighted by Gasteiger charge is 2.23. The fourth-order valence-electron chi connectivity index (χ4n) is 1.79. The van der Waals surface area contributed by atoms with Gasteiger partial charge in [-0.2, -0.15) is 0 Å². The Hall–Kier alpha value is -1.45. The van der Waals surface area contributed by atoms with Gasteiger partial charge in [0.15, 0.2) is 9.84 Å². The summed E-state index contributed by atoms with van der Waals surface area (Å²) in [5.41, 5.74) is 0.702. The van der Waals surface area contributed by atoms with Crippen molar-refractivity contribution in [3.05, 3.63) is 59.1 Å². The molecule has 2 aromatic rings. The Morgan fingerprint density at radius 2 is 1.52 bits per heavy atom. The molecule has 0 saturated carbocycles. The number of benzene rings is 2. The molecule has 23 heavy (non-hydrogen) atoms. The molecular weight excluding hydrogens is 362 g/mol. The third-order valence-electron chi connectivity index (χ3n) is 2.86. The summed E-state index contributed by atoms with van der Waals surface area (Å²) >= 11 is 5.75. The number of halogens is 1. The van der Waals surface area contributed by atoms with Crippen molar-refractivity contribution in [3.63, 3.8) is 0 Å². The minimum Gasteiger partial charge on any atom is -0.282 e. The molecule has 9 heteroatoms. The second kappa shape index (κ2) is 6.98. The Labute approximate surface area is 140 Å². The normalized spacial score (nSPS) is 12.3. The van der Waals surface area contributed by atoms with E-state index >= 15 is 0 Å². The van der Waals surface area contributed by atoms with Crippen LogP contribution in [0.2, 0.25) is 5.02 Å². The summed E-state index contributed by atoms with van der Waals surface area (Å²) in [7, 11) is -7.82. The Balaban J connectivity index is 2.15. The van der Waals surface area contributed by atoms with Gasteiger partial charge in [-0.25, -0.2) is 16.8 Å². The highest BCUT2D eigenvalue weighted by atomic mass is 35.5. The van der Waals surface area contributed by atoms with E-state index in [4.69, 9.17) is 16.4 Å². The predicted octanol–water partition coefficient (Wildman–Crippen LogP) is 2.15. The molecule has 0 fully saturated rings. The van der Waals surface area contributed by atoms with E-state index in [1.807, 2.05) is 4.89 Å². The summed E-state index contributed by atoms with van der Waals surface area (Å²) in [5.74, 6) is 0. The van der Waals surface area contributed by atoms with Gasteiger partial charge in [-0.15, -0.1) is 0 Å². The van der Waals surface area contributed by atoms with E-state index in [0.717, 1.165) is 6.26 Å². The van der Waals surface area contributed by atoms with Gasteiger partial charge < -0.3 is 0 Å². The minimum absolute atomic E-state index is 0.0303. The van der Waals surface area contributed by atoms with Gasteiger partial charge in [-0.1, -0.05) is 40.8 Å². The summed E-state index contributed by atoms with van der Waals surface area (Å²) < 4.78 is 47.8. The summed E-state index contributed by atoms with van der Waals surface area (Å²) in [6.07, 6.45) is 0.940. The Kier molecular flexibility index (Phi) is 5.43. The lowest BCUT2D eigenvalue weighted by Gasteiger charge is -2.10. The van der Waals surface area contributed by atoms with Crippen LogP contribution < -0.4 is 4.89 Å². The molecule has 0 radical (unpaired) electrons. The van der Waals surface area contributed by atoms with Crippen molar-refractivity contribution in [1.82, 2.24) is 4.89 Å². The lowest BCUT2D eigenvalue weighted by atomic mass is 10.2. The number of hydrogen-bond acceptors (Lipinski definition) is 5. The van der Waals surface area contributed by atoms with Gasteiger partial charge in [-0.05, 0) is 29.8 Å². The number of rotatable bonds is 6. The van der Waals surface area contributed by atoms with Crippen molar-refractivity contribution in [1.29, 1.82) is 0 Å². The Morgan fingerprint density at radius 1 is 0.957 bits per heavy atom. The van der Waals surface area contributed by atoms with E-state index in [1.54, 1.807) is 24.3 Å². The highest BCUT2D eigenvalue weighted by molar-refractivity contribution is 7.93. The van der Waals surface area contributed by atoms with Crippen molar-refractivity contribution in [2.75, 3.05) is 6.26 Å². The largest absolute Gasteiger partial charge is 0.282 e. The van der Waals surface area contributed by atoms with E-state index in [2.05, 4.69) is 0 Å². The molecule has 0 spiro atoms. The van der Waals surface area contributed by atoms with E-state index in [0.29, 0.717) is 10.6 Å². The van der Waals surface area contributed by atoms with E-state index in [9.17, 15) is 16.8 Å². The second-order valence-electron chi connectivity index (χ2n) is 4.72. The Bertz CT molecular complexity index is 893. The van der Waals surface area contributed by atoms with Gasteiger partial charge in [0.2, 0.25) is 0 Å². The molecule has 0 bridgehead atoms. The van der Waals surface area contributed by atoms with Gasteiger partial charge in [0.05, 0.1) is 11.5 Å². The molecule has 1 N–H and O–H groups in total. The summed E-state index contributed by atoms with van der Waals surface area (Å²) in [6, 6.07) is 12.0. The van der Waals surface area contributed by atoms with E-state index in [1.165, 1.54) is 24.3 Å². The smallest absolute Gasteiger partial charge is 0.263 e. The zero-order chi connectivity index (χ0) is 17.1. The van der Waals surface area contributed by atoms with Gasteiger partial charge in [0, 0.05) is 11.3 Å². The van der Waals surface area contributed by atoms with Crippen LogP contribution in [0.15, 0.2) is 58.3 Å². The van der Waals surface area contributed by atoms with Crippen molar-refractivity contribution in [3.8, 4) is 0 Å². The number of sulfonamides is 1. The lowest BCUT2D eigenvalue weighted by Crippen LogP contribution is -2.25. The van der Waals surface area contributed by atoms with Crippen molar-refractivity contribution < 1.29 is 21.7 Å². The molecule has 124 valence electrons. The van der Waals surface area contributed by atoms with Crippen molar-refractivity contribution in [2.24, 2.45) is 0 Å². The average molecular weight is 376 g/mol. The first-order chi connectivity index (χ1) is 10.7. The quantitative estimate of drug-likeness (QED) is 0.781. The molecule has 0 unspecified atom stereocenters. The van der Waals surface area contributed by atoms with Crippen LogP contribution in [0.5, 0.6) is 0 Å². The minimum atomic E-state index is -4.13. The van der Waals surface area contributed by atoms with Crippen LogP contribution in [0.3, 0.4) is 0 Å². The van der Waals surface area contributed by atoms with Crippen LogP contribution in [-0.4, -0.2) is 23.1 Å². The molecule has 0 atom stereocenters. The van der Waals surface area contributed by atoms with Crippen LogP contribution in [-0.2, 0) is 31.3 Å². The zero-order valence-corrected chi connectivity index (χ0v) is 14.5. The molecule has 6 nitrogen and oxygen atoms in total. The topological polar surface area (TPSA) is 89.5 Å². The van der Waals surface area contributed by atoms with Crippen LogP contribution in [0.1, 0.15) is 5.56 Å². The fraction of sp³-hybridized carbons (Fsp3) is 0.143. The van der Waals surface area contributed by atoms with Gasteiger partial charge >= 0.3 is 0 Å². The second-order valence-corrected chi connectivity index (χ2v) is 8.75. The van der Waals surface area contributed by atoms with Crippen molar-refractivity contribution >= 4 is 31.5 Å². The number of nitrogens with one attached hydrogen (secondary N) is 1. The maximum absolute atomic E-state index is 12.2. The molecule has 0 amide bonds. The van der Waals surface area contributed by atoms with Gasteiger partial charge in [0.25, 0.3) is 10.0 Å². The molecule has 2 aromatic carbocycles. The number of sulfone groups is 1. The maximum atomic E-state index is 12.2. The molecule has 0 aliphatic heterocycles. The highest BCUT2D eigenvalue weighted by Crippen LogP contribution is 2.20. The Morgan fingerprint density at radius 3 is 2.09 bits per heavy atom. The molecule has 0 aromatic heterocycles. The van der Waals surface area contributed by atoms with Crippen LogP contribution in [0.4, 0.5) is 0 Å². The summed E-state index contributed by atoms with van der Waals surface area (Å²) in [5, 5.41) is 0.552. The third kappa shape index (κ3) is 4.76. The summed E-state index contributed by atoms with van der Waals surface area (Å²) in [6.45, 7) is -0.0303. The summed E-state index contributed by atoms with van der Waals surface area (Å²) in [4.78, 5) is 6.24. The van der Waals surface area contributed by atoms with Crippen molar-refractivity contribution in [2.45, 2.75) is 16.4 Å². The first-order valence-corrected chi connectivity index (χ1v) is 10.1. The van der Waals surface area contributed by atoms with Gasteiger partial charge in [-0.3, -0.25) is 4.84 Å². The molecule has 0 aliphatic rings. The van der Waals surface area contributed by atoms with Crippen LogP contribution >= 0.6 is 11.6 Å². The first kappa shape index (κ1) is 17.9. The molecule has 0 heterocycles. The van der Waals surface area contributed by atoms with Gasteiger partial charge in [0.1, 0.15) is 4.90 Å². The van der Waals surface area contributed by atoms with E-state index < -0.39 is 19.9 Å². The van der Waals surface area contributed by atoms with Crippen LogP contribution in [0, 0.1) is 0 Å². The average Bonchev–Trinajstić information content (AvgIpc) is 2.48. The SMILES string of the molecule is CS(=O)(=O)c1ccccc1S(=O)(=O)NOCc1ccc(Cl)cc1. The monoisotopic (exact) mass is 375 g/mol. The zero-order valence-electron chi connectivity index (χ0n) is 12.1. The van der Waals surface area contributed by atoms with Crippen LogP contribution in [0.25, 0.3) is 0 Å². The lowest BCUT2D eigenvalue weighted by molar-refractivity contribution is 0.0794. The molecular formula is C14H14ClNO5S2. The molecule has 0 saturated heterocycles. The maximum Gasteiger partial charge on any atom is 0.263 e. The molecule has 0 aliphatic carbocycles.